The Morgan fingerprint density at radius 2 is 1.94 bits per heavy atom. The van der Waals surface area contributed by atoms with Gasteiger partial charge in [-0.2, -0.15) is 5.10 Å². The summed E-state index contributed by atoms with van der Waals surface area (Å²) in [5.74, 6) is 2.38. The van der Waals surface area contributed by atoms with Crippen LogP contribution in [-0.2, 0) is 0 Å². The lowest BCUT2D eigenvalue weighted by Crippen LogP contribution is -2.07. The largest absolute Gasteiger partial charge is 0.370 e. The molecule has 2 aromatic rings. The molecule has 17 heavy (non-hydrogen) atoms. The van der Waals surface area contributed by atoms with Crippen molar-refractivity contribution in [3.8, 4) is 5.82 Å². The van der Waals surface area contributed by atoms with E-state index in [1.165, 1.54) is 0 Å². The Bertz CT molecular complexity index is 530. The van der Waals surface area contributed by atoms with E-state index in [1.807, 2.05) is 44.5 Å². The second-order valence-electron chi connectivity index (χ2n) is 4.03. The second kappa shape index (κ2) is 4.53. The summed E-state index contributed by atoms with van der Waals surface area (Å²) in [7, 11) is 0. The molecule has 5 nitrogen and oxygen atoms in total. The maximum atomic E-state index is 4.42. The van der Waals surface area contributed by atoms with E-state index in [4.69, 9.17) is 0 Å². The fraction of sp³-hybridized carbons (Fsp3) is 0.417. The number of rotatable bonds is 3. The predicted molar refractivity (Wildman–Crippen MR) is 67.5 cm³/mol. The van der Waals surface area contributed by atoms with Crippen molar-refractivity contribution in [2.24, 2.45) is 0 Å². The number of aryl methyl sites for hydroxylation is 3. The van der Waals surface area contributed by atoms with E-state index in [9.17, 15) is 0 Å². The molecule has 0 radical (unpaired) electrons. The Balaban J connectivity index is 2.48. The zero-order valence-electron chi connectivity index (χ0n) is 10.7. The first kappa shape index (κ1) is 11.6. The Kier molecular flexibility index (Phi) is 3.08. The van der Waals surface area contributed by atoms with Gasteiger partial charge in [0.15, 0.2) is 5.82 Å². The zero-order chi connectivity index (χ0) is 12.4. The third kappa shape index (κ3) is 2.43. The molecule has 0 bridgehead atoms. The Labute approximate surface area is 101 Å². The van der Waals surface area contributed by atoms with Crippen LogP contribution in [0.15, 0.2) is 12.1 Å². The summed E-state index contributed by atoms with van der Waals surface area (Å²) in [4.78, 5) is 8.73. The van der Waals surface area contributed by atoms with Gasteiger partial charge in [-0.3, -0.25) is 0 Å². The predicted octanol–water partition coefficient (Wildman–Crippen LogP) is 2.02. The molecule has 2 rings (SSSR count). The number of anilines is 1. The lowest BCUT2D eigenvalue weighted by Gasteiger charge is -2.08. The Morgan fingerprint density at radius 3 is 2.53 bits per heavy atom. The molecule has 0 unspecified atom stereocenters. The normalized spacial score (nSPS) is 10.6. The van der Waals surface area contributed by atoms with E-state index in [0.717, 1.165) is 35.4 Å². The molecule has 0 aliphatic rings. The molecule has 90 valence electrons. The van der Waals surface area contributed by atoms with Crippen molar-refractivity contribution in [3.05, 3.63) is 29.3 Å². The summed E-state index contributed by atoms with van der Waals surface area (Å²) in [5.41, 5.74) is 2.06. The van der Waals surface area contributed by atoms with Crippen LogP contribution >= 0.6 is 0 Å². The van der Waals surface area contributed by atoms with E-state index in [1.54, 1.807) is 0 Å². The van der Waals surface area contributed by atoms with Crippen molar-refractivity contribution in [2.75, 3.05) is 11.9 Å². The number of hydrogen-bond donors (Lipinski definition) is 1. The van der Waals surface area contributed by atoms with Crippen LogP contribution in [0.2, 0.25) is 0 Å². The van der Waals surface area contributed by atoms with Crippen molar-refractivity contribution in [1.29, 1.82) is 0 Å². The SMILES string of the molecule is CCNc1cc(-n2nc(C)cc2C)nc(C)n1. The van der Waals surface area contributed by atoms with Crippen LogP contribution in [0.5, 0.6) is 0 Å². The van der Waals surface area contributed by atoms with Gasteiger partial charge in [0.1, 0.15) is 11.6 Å². The first-order valence-electron chi connectivity index (χ1n) is 5.73. The molecule has 0 fully saturated rings. The van der Waals surface area contributed by atoms with Crippen molar-refractivity contribution >= 4 is 5.82 Å². The average Bonchev–Trinajstić information content (AvgIpc) is 2.57. The topological polar surface area (TPSA) is 55.6 Å². The maximum absolute atomic E-state index is 4.42. The van der Waals surface area contributed by atoms with Gasteiger partial charge in [0, 0.05) is 18.3 Å². The Hall–Kier alpha value is -1.91. The fourth-order valence-electron chi connectivity index (χ4n) is 1.79. The molecule has 1 N–H and O–H groups in total. The van der Waals surface area contributed by atoms with Gasteiger partial charge in [-0.1, -0.05) is 0 Å². The van der Waals surface area contributed by atoms with E-state index in [2.05, 4.69) is 20.4 Å². The molecule has 0 atom stereocenters. The molecule has 0 saturated carbocycles. The summed E-state index contributed by atoms with van der Waals surface area (Å²) in [6, 6.07) is 3.94. The van der Waals surface area contributed by atoms with E-state index < -0.39 is 0 Å². The van der Waals surface area contributed by atoms with Crippen molar-refractivity contribution in [3.63, 3.8) is 0 Å². The molecule has 2 heterocycles. The monoisotopic (exact) mass is 231 g/mol. The van der Waals surface area contributed by atoms with Crippen LogP contribution in [0.1, 0.15) is 24.1 Å². The molecule has 0 saturated heterocycles. The molecule has 0 aromatic carbocycles. The fourth-order valence-corrected chi connectivity index (χ4v) is 1.79. The van der Waals surface area contributed by atoms with E-state index in [0.29, 0.717) is 0 Å². The molecule has 0 spiro atoms. The van der Waals surface area contributed by atoms with E-state index >= 15 is 0 Å². The molecule has 0 amide bonds. The smallest absolute Gasteiger partial charge is 0.159 e. The maximum Gasteiger partial charge on any atom is 0.159 e. The quantitative estimate of drug-likeness (QED) is 0.878. The third-order valence-electron chi connectivity index (χ3n) is 2.41. The molecular weight excluding hydrogens is 214 g/mol. The number of nitrogens with one attached hydrogen (secondary N) is 1. The van der Waals surface area contributed by atoms with Crippen molar-refractivity contribution in [1.82, 2.24) is 19.7 Å². The van der Waals surface area contributed by atoms with Gasteiger partial charge in [-0.05, 0) is 33.8 Å². The van der Waals surface area contributed by atoms with Gasteiger partial charge in [-0.25, -0.2) is 14.6 Å². The molecule has 2 aromatic heterocycles. The van der Waals surface area contributed by atoms with Crippen molar-refractivity contribution in [2.45, 2.75) is 27.7 Å². The highest BCUT2D eigenvalue weighted by molar-refractivity contribution is 5.42. The van der Waals surface area contributed by atoms with Crippen LogP contribution in [0, 0.1) is 20.8 Å². The first-order chi connectivity index (χ1) is 8.10. The highest BCUT2D eigenvalue weighted by atomic mass is 15.3. The van der Waals surface area contributed by atoms with Crippen LogP contribution in [0.4, 0.5) is 5.82 Å². The minimum atomic E-state index is 0.742. The van der Waals surface area contributed by atoms with Gasteiger partial charge in [0.2, 0.25) is 0 Å². The summed E-state index contributed by atoms with van der Waals surface area (Å²) < 4.78 is 1.84. The second-order valence-corrected chi connectivity index (χ2v) is 4.03. The van der Waals surface area contributed by atoms with Crippen molar-refractivity contribution < 1.29 is 0 Å². The zero-order valence-corrected chi connectivity index (χ0v) is 10.7. The summed E-state index contributed by atoms with van der Waals surface area (Å²) in [6.45, 7) is 8.76. The summed E-state index contributed by atoms with van der Waals surface area (Å²) >= 11 is 0. The van der Waals surface area contributed by atoms with Gasteiger partial charge in [0.25, 0.3) is 0 Å². The van der Waals surface area contributed by atoms with Gasteiger partial charge < -0.3 is 5.32 Å². The molecule has 0 aliphatic carbocycles. The lowest BCUT2D eigenvalue weighted by atomic mass is 10.4. The summed E-state index contributed by atoms with van der Waals surface area (Å²) in [6.07, 6.45) is 0. The number of nitrogens with zero attached hydrogens (tertiary/aromatic N) is 4. The van der Waals surface area contributed by atoms with Crippen LogP contribution in [-0.4, -0.2) is 26.3 Å². The van der Waals surface area contributed by atoms with Gasteiger partial charge in [-0.15, -0.1) is 0 Å². The lowest BCUT2D eigenvalue weighted by molar-refractivity contribution is 0.793. The Morgan fingerprint density at radius 1 is 1.18 bits per heavy atom. The summed E-state index contributed by atoms with van der Waals surface area (Å²) in [5, 5.41) is 7.61. The standard InChI is InChI=1S/C12H17N5/c1-5-13-11-7-12(15-10(4)14-11)17-9(3)6-8(2)16-17/h6-7H,5H2,1-4H3,(H,13,14,15). The number of aromatic nitrogens is 4. The minimum absolute atomic E-state index is 0.742. The average molecular weight is 231 g/mol. The van der Waals surface area contributed by atoms with Crippen LogP contribution < -0.4 is 5.32 Å². The number of hydrogen-bond acceptors (Lipinski definition) is 4. The van der Waals surface area contributed by atoms with Gasteiger partial charge >= 0.3 is 0 Å². The minimum Gasteiger partial charge on any atom is -0.370 e. The highest BCUT2D eigenvalue weighted by Gasteiger charge is 2.07. The van der Waals surface area contributed by atoms with Crippen LogP contribution in [0.25, 0.3) is 5.82 Å². The van der Waals surface area contributed by atoms with E-state index in [-0.39, 0.29) is 0 Å². The van der Waals surface area contributed by atoms with Crippen LogP contribution in [0.3, 0.4) is 0 Å². The third-order valence-corrected chi connectivity index (χ3v) is 2.41. The highest BCUT2D eigenvalue weighted by Crippen LogP contribution is 2.13. The molecule has 5 heteroatoms. The molecule has 0 aliphatic heterocycles. The van der Waals surface area contributed by atoms with Gasteiger partial charge in [0.05, 0.1) is 5.69 Å². The first-order valence-corrected chi connectivity index (χ1v) is 5.73. The molecular formula is C12H17N5.